The molecule has 0 fully saturated rings. The number of rotatable bonds is 8. The van der Waals surface area contributed by atoms with Gasteiger partial charge in [0.15, 0.2) is 16.6 Å². The smallest absolute Gasteiger partial charge is 0.252 e. The van der Waals surface area contributed by atoms with Gasteiger partial charge >= 0.3 is 0 Å². The van der Waals surface area contributed by atoms with Gasteiger partial charge in [-0.05, 0) is 56.1 Å². The molecule has 0 bridgehead atoms. The molecule has 2 aromatic carbocycles. The fraction of sp³-hybridized carbons (Fsp3) is 0.273. The van der Waals surface area contributed by atoms with E-state index in [-0.39, 0.29) is 5.91 Å². The number of anilines is 1. The molecule has 1 aromatic heterocycles. The van der Waals surface area contributed by atoms with Crippen molar-refractivity contribution in [1.29, 1.82) is 0 Å². The third-order valence-electron chi connectivity index (χ3n) is 4.43. The summed E-state index contributed by atoms with van der Waals surface area (Å²) in [6, 6.07) is 11.5. The Kier molecular flexibility index (Phi) is 7.47. The summed E-state index contributed by atoms with van der Waals surface area (Å²) in [6.07, 6.45) is 3.34. The fourth-order valence-corrected chi connectivity index (χ4v) is 4.36. The number of thiazole rings is 1. The zero-order chi connectivity index (χ0) is 21.7. The van der Waals surface area contributed by atoms with Gasteiger partial charge in [-0.25, -0.2) is 4.98 Å². The number of nitrogens with zero attached hydrogens (tertiary/aromatic N) is 3. The average Bonchev–Trinajstić information content (AvgIpc) is 3.14. The summed E-state index contributed by atoms with van der Waals surface area (Å²) >= 11 is 5.00. The number of aromatic nitrogens is 1. The maximum atomic E-state index is 13.1. The summed E-state index contributed by atoms with van der Waals surface area (Å²) in [6.45, 7) is 1.28. The molecule has 0 N–H and O–H groups in total. The molecule has 1 heterocycles. The Bertz CT molecular complexity index is 1060. The molecule has 3 rings (SSSR count). The molecular formula is C22H24BrN3O3S. The van der Waals surface area contributed by atoms with Gasteiger partial charge in [-0.1, -0.05) is 33.3 Å². The van der Waals surface area contributed by atoms with E-state index in [4.69, 9.17) is 9.47 Å². The molecule has 3 aromatic rings. The van der Waals surface area contributed by atoms with Crippen molar-refractivity contribution < 1.29 is 14.3 Å². The number of carbonyl (C=O) groups is 1. The van der Waals surface area contributed by atoms with Crippen LogP contribution in [-0.2, 0) is 4.79 Å². The van der Waals surface area contributed by atoms with Gasteiger partial charge in [-0.2, -0.15) is 0 Å². The van der Waals surface area contributed by atoms with E-state index in [1.54, 1.807) is 31.3 Å². The summed E-state index contributed by atoms with van der Waals surface area (Å²) in [5, 5.41) is 0.687. The second-order valence-corrected chi connectivity index (χ2v) is 8.77. The van der Waals surface area contributed by atoms with E-state index >= 15 is 0 Å². The molecule has 0 spiro atoms. The van der Waals surface area contributed by atoms with Crippen molar-refractivity contribution in [3.8, 4) is 11.5 Å². The molecule has 0 radical (unpaired) electrons. The van der Waals surface area contributed by atoms with E-state index in [0.29, 0.717) is 23.2 Å². The van der Waals surface area contributed by atoms with Crippen molar-refractivity contribution in [3.05, 3.63) is 52.5 Å². The van der Waals surface area contributed by atoms with Crippen molar-refractivity contribution >= 4 is 54.6 Å². The molecule has 0 unspecified atom stereocenters. The molecule has 30 heavy (non-hydrogen) atoms. The summed E-state index contributed by atoms with van der Waals surface area (Å²) in [5.41, 5.74) is 1.73. The van der Waals surface area contributed by atoms with Crippen molar-refractivity contribution in [2.45, 2.75) is 0 Å². The number of carbonyl (C=O) groups excluding carboxylic acids is 1. The molecule has 158 valence electrons. The van der Waals surface area contributed by atoms with Crippen LogP contribution < -0.4 is 14.4 Å². The number of amides is 1. The van der Waals surface area contributed by atoms with Crippen molar-refractivity contribution in [2.75, 3.05) is 46.3 Å². The first-order valence-electron chi connectivity index (χ1n) is 9.33. The Morgan fingerprint density at radius 3 is 2.57 bits per heavy atom. The highest BCUT2D eigenvalue weighted by molar-refractivity contribution is 9.10. The number of likely N-dealkylation sites (N-methyl/N-ethyl adjacent to an activating group) is 1. The summed E-state index contributed by atoms with van der Waals surface area (Å²) < 4.78 is 12.6. The normalized spacial score (nSPS) is 11.4. The van der Waals surface area contributed by atoms with Crippen LogP contribution in [-0.4, -0.2) is 57.2 Å². The maximum Gasteiger partial charge on any atom is 0.252 e. The lowest BCUT2D eigenvalue weighted by Gasteiger charge is -2.20. The quantitative estimate of drug-likeness (QED) is 0.429. The second-order valence-electron chi connectivity index (χ2n) is 6.85. The van der Waals surface area contributed by atoms with Crippen LogP contribution in [0, 0.1) is 0 Å². The highest BCUT2D eigenvalue weighted by Crippen LogP contribution is 2.31. The van der Waals surface area contributed by atoms with Crippen LogP contribution in [0.15, 0.2) is 46.9 Å². The van der Waals surface area contributed by atoms with Crippen LogP contribution in [0.1, 0.15) is 5.56 Å². The Morgan fingerprint density at radius 2 is 1.87 bits per heavy atom. The molecule has 0 saturated heterocycles. The molecule has 0 aliphatic rings. The first-order chi connectivity index (χ1) is 14.4. The largest absolute Gasteiger partial charge is 0.493 e. The van der Waals surface area contributed by atoms with Gasteiger partial charge in [0, 0.05) is 23.6 Å². The predicted molar refractivity (Wildman–Crippen MR) is 127 cm³/mol. The Balaban J connectivity index is 1.87. The topological polar surface area (TPSA) is 54.9 Å². The molecular weight excluding hydrogens is 466 g/mol. The van der Waals surface area contributed by atoms with E-state index < -0.39 is 0 Å². The SMILES string of the molecule is COc1ccc(C=CC(=O)N(CCN(C)C)c2nc3ccc(Br)cc3s2)cc1OC. The summed E-state index contributed by atoms with van der Waals surface area (Å²) in [4.78, 5) is 21.5. The monoisotopic (exact) mass is 489 g/mol. The number of benzene rings is 2. The molecule has 0 aliphatic carbocycles. The molecule has 6 nitrogen and oxygen atoms in total. The lowest BCUT2D eigenvalue weighted by molar-refractivity contribution is -0.114. The number of hydrogen-bond donors (Lipinski definition) is 0. The van der Waals surface area contributed by atoms with Crippen LogP contribution in [0.4, 0.5) is 5.13 Å². The standard InChI is InChI=1S/C22H24BrN3O3S/c1-25(2)11-12-26(22-24-17-8-7-16(23)14-20(17)30-22)21(27)10-6-15-5-9-18(28-3)19(13-15)29-4/h5-10,13-14H,11-12H2,1-4H3. The minimum Gasteiger partial charge on any atom is -0.493 e. The number of halogens is 1. The minimum atomic E-state index is -0.121. The number of ether oxygens (including phenoxy) is 2. The third kappa shape index (κ3) is 5.38. The van der Waals surface area contributed by atoms with E-state index in [2.05, 4.69) is 20.9 Å². The molecule has 8 heteroatoms. The molecule has 1 amide bonds. The first-order valence-corrected chi connectivity index (χ1v) is 10.9. The summed E-state index contributed by atoms with van der Waals surface area (Å²) in [7, 11) is 7.15. The fourth-order valence-electron chi connectivity index (χ4n) is 2.82. The van der Waals surface area contributed by atoms with Gasteiger partial charge in [0.25, 0.3) is 5.91 Å². The first kappa shape index (κ1) is 22.3. The van der Waals surface area contributed by atoms with E-state index in [0.717, 1.165) is 26.8 Å². The van der Waals surface area contributed by atoms with Gasteiger partial charge < -0.3 is 14.4 Å². The van der Waals surface area contributed by atoms with E-state index in [9.17, 15) is 4.79 Å². The highest BCUT2D eigenvalue weighted by Gasteiger charge is 2.18. The predicted octanol–water partition coefficient (Wildman–Crippen LogP) is 4.68. The van der Waals surface area contributed by atoms with Crippen molar-refractivity contribution in [1.82, 2.24) is 9.88 Å². The van der Waals surface area contributed by atoms with Crippen LogP contribution >= 0.6 is 27.3 Å². The lowest BCUT2D eigenvalue weighted by atomic mass is 10.2. The second kappa shape index (κ2) is 10.1. The van der Waals surface area contributed by atoms with Crippen LogP contribution in [0.3, 0.4) is 0 Å². The Labute approximate surface area is 188 Å². The zero-order valence-corrected chi connectivity index (χ0v) is 19.8. The van der Waals surface area contributed by atoms with Gasteiger partial charge in [0.2, 0.25) is 0 Å². The Morgan fingerprint density at radius 1 is 1.10 bits per heavy atom. The van der Waals surface area contributed by atoms with Crippen LogP contribution in [0.2, 0.25) is 0 Å². The summed E-state index contributed by atoms with van der Waals surface area (Å²) in [5.74, 6) is 1.15. The van der Waals surface area contributed by atoms with Crippen LogP contribution in [0.5, 0.6) is 11.5 Å². The maximum absolute atomic E-state index is 13.1. The lowest BCUT2D eigenvalue weighted by Crippen LogP contribution is -2.35. The van der Waals surface area contributed by atoms with Crippen molar-refractivity contribution in [2.24, 2.45) is 0 Å². The van der Waals surface area contributed by atoms with Gasteiger partial charge in [-0.3, -0.25) is 9.69 Å². The number of hydrogen-bond acceptors (Lipinski definition) is 6. The third-order valence-corrected chi connectivity index (χ3v) is 5.97. The number of fused-ring (bicyclic) bond motifs is 1. The average molecular weight is 490 g/mol. The van der Waals surface area contributed by atoms with Crippen molar-refractivity contribution in [3.63, 3.8) is 0 Å². The number of methoxy groups -OCH3 is 2. The van der Waals surface area contributed by atoms with Gasteiger partial charge in [0.1, 0.15) is 0 Å². The Hall–Kier alpha value is -2.42. The highest BCUT2D eigenvalue weighted by atomic mass is 79.9. The minimum absolute atomic E-state index is 0.121. The van der Waals surface area contributed by atoms with Gasteiger partial charge in [0.05, 0.1) is 24.4 Å². The zero-order valence-electron chi connectivity index (χ0n) is 17.4. The van der Waals surface area contributed by atoms with E-state index in [1.807, 2.05) is 55.4 Å². The van der Waals surface area contributed by atoms with E-state index in [1.165, 1.54) is 11.3 Å². The molecule has 0 aliphatic heterocycles. The van der Waals surface area contributed by atoms with Crippen LogP contribution in [0.25, 0.3) is 16.3 Å². The molecule has 0 saturated carbocycles. The van der Waals surface area contributed by atoms with Gasteiger partial charge in [-0.15, -0.1) is 0 Å². The molecule has 0 atom stereocenters.